The molecular weight excluding hydrogens is 246 g/mol. The molecular formula is C10H8BrNO2. The predicted molar refractivity (Wildman–Crippen MR) is 58.4 cm³/mol. The van der Waals surface area contributed by atoms with E-state index in [-0.39, 0.29) is 5.91 Å². The number of benzene rings is 1. The van der Waals surface area contributed by atoms with E-state index in [1.807, 2.05) is 0 Å². The van der Waals surface area contributed by atoms with Crippen molar-refractivity contribution in [1.29, 1.82) is 0 Å². The molecule has 0 heterocycles. The Labute approximate surface area is 89.9 Å². The van der Waals surface area contributed by atoms with E-state index in [1.54, 1.807) is 18.2 Å². The minimum Gasteiger partial charge on any atom is -0.322 e. The van der Waals surface area contributed by atoms with Gasteiger partial charge < -0.3 is 5.32 Å². The molecule has 0 aliphatic carbocycles. The second-order valence-corrected chi connectivity index (χ2v) is 3.46. The lowest BCUT2D eigenvalue weighted by atomic mass is 10.2. The summed E-state index contributed by atoms with van der Waals surface area (Å²) in [5.74, 6) is -0.341. The van der Waals surface area contributed by atoms with Crippen LogP contribution in [0.2, 0.25) is 0 Å². The Balaban J connectivity index is 3.04. The van der Waals surface area contributed by atoms with Crippen molar-refractivity contribution in [3.8, 4) is 0 Å². The molecule has 0 bridgehead atoms. The maximum atomic E-state index is 11.0. The molecule has 14 heavy (non-hydrogen) atoms. The lowest BCUT2D eigenvalue weighted by Crippen LogP contribution is -2.09. The minimum atomic E-state index is -0.341. The van der Waals surface area contributed by atoms with E-state index >= 15 is 0 Å². The van der Waals surface area contributed by atoms with Crippen LogP contribution in [0.5, 0.6) is 0 Å². The number of anilines is 1. The topological polar surface area (TPSA) is 46.2 Å². The number of hydrogen-bond acceptors (Lipinski definition) is 2. The molecule has 1 aromatic carbocycles. The summed E-state index contributed by atoms with van der Waals surface area (Å²) in [4.78, 5) is 21.6. The van der Waals surface area contributed by atoms with Crippen LogP contribution in [0.1, 0.15) is 10.4 Å². The van der Waals surface area contributed by atoms with E-state index in [9.17, 15) is 9.59 Å². The van der Waals surface area contributed by atoms with Crippen molar-refractivity contribution < 1.29 is 9.59 Å². The Morgan fingerprint density at radius 3 is 2.79 bits per heavy atom. The Hall–Kier alpha value is -1.42. The maximum Gasteiger partial charge on any atom is 0.247 e. The molecule has 0 saturated heterocycles. The van der Waals surface area contributed by atoms with Gasteiger partial charge in [0.05, 0.1) is 5.69 Å². The van der Waals surface area contributed by atoms with Crippen molar-refractivity contribution in [3.05, 3.63) is 40.9 Å². The molecule has 0 radical (unpaired) electrons. The molecule has 72 valence electrons. The smallest absolute Gasteiger partial charge is 0.247 e. The van der Waals surface area contributed by atoms with Crippen molar-refractivity contribution in [3.63, 3.8) is 0 Å². The standard InChI is InChI=1S/C10H8BrNO2/c1-2-10(14)12-9-5-8(11)4-3-7(9)6-13/h2-6H,1H2,(H,12,14). The van der Waals surface area contributed by atoms with Gasteiger partial charge in [0.2, 0.25) is 5.91 Å². The van der Waals surface area contributed by atoms with E-state index in [1.165, 1.54) is 0 Å². The van der Waals surface area contributed by atoms with Crippen molar-refractivity contribution >= 4 is 33.8 Å². The van der Waals surface area contributed by atoms with Crippen LogP contribution < -0.4 is 5.32 Å². The van der Waals surface area contributed by atoms with Crippen molar-refractivity contribution in [1.82, 2.24) is 0 Å². The summed E-state index contributed by atoms with van der Waals surface area (Å²) in [6.07, 6.45) is 1.83. The number of amides is 1. The average molecular weight is 254 g/mol. The first-order chi connectivity index (χ1) is 6.67. The molecule has 0 unspecified atom stereocenters. The molecule has 0 saturated carbocycles. The SMILES string of the molecule is C=CC(=O)Nc1cc(Br)ccc1C=O. The van der Waals surface area contributed by atoms with Gasteiger partial charge in [-0.3, -0.25) is 9.59 Å². The fourth-order valence-corrected chi connectivity index (χ4v) is 1.28. The van der Waals surface area contributed by atoms with Gasteiger partial charge in [-0.15, -0.1) is 0 Å². The molecule has 0 aromatic heterocycles. The molecule has 1 N–H and O–H groups in total. The molecule has 0 fully saturated rings. The van der Waals surface area contributed by atoms with Gasteiger partial charge >= 0.3 is 0 Å². The Kier molecular flexibility index (Phi) is 3.59. The highest BCUT2D eigenvalue weighted by atomic mass is 79.9. The van der Waals surface area contributed by atoms with E-state index < -0.39 is 0 Å². The third-order valence-electron chi connectivity index (χ3n) is 1.59. The number of halogens is 1. The van der Waals surface area contributed by atoms with Crippen LogP contribution in [0.25, 0.3) is 0 Å². The van der Waals surface area contributed by atoms with Crippen molar-refractivity contribution in [2.75, 3.05) is 5.32 Å². The maximum absolute atomic E-state index is 11.0. The van der Waals surface area contributed by atoms with Gasteiger partial charge in [0, 0.05) is 10.0 Å². The summed E-state index contributed by atoms with van der Waals surface area (Å²) in [6.45, 7) is 3.32. The molecule has 0 spiro atoms. The van der Waals surface area contributed by atoms with Crippen LogP contribution in [0, 0.1) is 0 Å². The van der Waals surface area contributed by atoms with E-state index in [0.717, 1.165) is 10.5 Å². The molecule has 4 heteroatoms. The van der Waals surface area contributed by atoms with E-state index in [4.69, 9.17) is 0 Å². The zero-order valence-corrected chi connectivity index (χ0v) is 8.87. The third kappa shape index (κ3) is 2.53. The molecule has 0 aliphatic rings. The first kappa shape index (κ1) is 10.7. The van der Waals surface area contributed by atoms with Crippen LogP contribution in [0.15, 0.2) is 35.3 Å². The fraction of sp³-hybridized carbons (Fsp3) is 0. The summed E-state index contributed by atoms with van der Waals surface area (Å²) in [5, 5.41) is 2.53. The van der Waals surface area contributed by atoms with E-state index in [0.29, 0.717) is 17.5 Å². The Bertz CT molecular complexity index is 388. The summed E-state index contributed by atoms with van der Waals surface area (Å²) in [6, 6.07) is 5.01. The minimum absolute atomic E-state index is 0.341. The molecule has 0 aliphatic heterocycles. The van der Waals surface area contributed by atoms with Crippen LogP contribution in [0.3, 0.4) is 0 Å². The Morgan fingerprint density at radius 2 is 2.21 bits per heavy atom. The predicted octanol–water partition coefficient (Wildman–Crippen LogP) is 2.39. The zero-order chi connectivity index (χ0) is 10.6. The highest BCUT2D eigenvalue weighted by molar-refractivity contribution is 9.10. The van der Waals surface area contributed by atoms with Gasteiger partial charge in [0.25, 0.3) is 0 Å². The van der Waals surface area contributed by atoms with Gasteiger partial charge in [-0.2, -0.15) is 0 Å². The molecule has 1 aromatic rings. The van der Waals surface area contributed by atoms with Crippen LogP contribution >= 0.6 is 15.9 Å². The van der Waals surface area contributed by atoms with Gasteiger partial charge in [-0.1, -0.05) is 22.5 Å². The molecule has 1 rings (SSSR count). The zero-order valence-electron chi connectivity index (χ0n) is 7.29. The summed E-state index contributed by atoms with van der Waals surface area (Å²) in [7, 11) is 0. The largest absolute Gasteiger partial charge is 0.322 e. The van der Waals surface area contributed by atoms with Crippen LogP contribution in [-0.2, 0) is 4.79 Å². The highest BCUT2D eigenvalue weighted by Crippen LogP contribution is 2.19. The quantitative estimate of drug-likeness (QED) is 0.664. The number of rotatable bonds is 3. The Morgan fingerprint density at radius 1 is 1.50 bits per heavy atom. The van der Waals surface area contributed by atoms with Gasteiger partial charge in [-0.05, 0) is 24.3 Å². The first-order valence-electron chi connectivity index (χ1n) is 3.85. The third-order valence-corrected chi connectivity index (χ3v) is 2.08. The molecule has 3 nitrogen and oxygen atoms in total. The van der Waals surface area contributed by atoms with Crippen molar-refractivity contribution in [2.45, 2.75) is 0 Å². The summed E-state index contributed by atoms with van der Waals surface area (Å²) < 4.78 is 0.794. The second kappa shape index (κ2) is 4.72. The number of hydrogen-bond donors (Lipinski definition) is 1. The lowest BCUT2D eigenvalue weighted by molar-refractivity contribution is -0.111. The summed E-state index contributed by atoms with van der Waals surface area (Å²) in [5.41, 5.74) is 0.905. The molecule has 0 atom stereocenters. The normalized spacial score (nSPS) is 9.21. The van der Waals surface area contributed by atoms with Gasteiger partial charge in [0.1, 0.15) is 0 Å². The average Bonchev–Trinajstić information content (AvgIpc) is 2.18. The molecule has 1 amide bonds. The fourth-order valence-electron chi connectivity index (χ4n) is 0.923. The number of aldehydes is 1. The van der Waals surface area contributed by atoms with E-state index in [2.05, 4.69) is 27.8 Å². The van der Waals surface area contributed by atoms with Gasteiger partial charge in [-0.25, -0.2) is 0 Å². The first-order valence-corrected chi connectivity index (χ1v) is 4.65. The lowest BCUT2D eigenvalue weighted by Gasteiger charge is -2.05. The summed E-state index contributed by atoms with van der Waals surface area (Å²) >= 11 is 3.24. The number of carbonyl (C=O) groups excluding carboxylic acids is 2. The van der Waals surface area contributed by atoms with Crippen LogP contribution in [0.4, 0.5) is 5.69 Å². The van der Waals surface area contributed by atoms with Gasteiger partial charge in [0.15, 0.2) is 6.29 Å². The van der Waals surface area contributed by atoms with Crippen molar-refractivity contribution in [2.24, 2.45) is 0 Å². The second-order valence-electron chi connectivity index (χ2n) is 2.54. The monoisotopic (exact) mass is 253 g/mol. The number of nitrogens with one attached hydrogen (secondary N) is 1. The highest BCUT2D eigenvalue weighted by Gasteiger charge is 2.04. The van der Waals surface area contributed by atoms with Crippen LogP contribution in [-0.4, -0.2) is 12.2 Å². The number of carbonyl (C=O) groups is 2.